The van der Waals surface area contributed by atoms with E-state index in [1.54, 1.807) is 30.6 Å². The Hall–Kier alpha value is -3.04. The van der Waals surface area contributed by atoms with Crippen LogP contribution in [-0.2, 0) is 0 Å². The standard InChI is InChI=1S/C21H19F2N5OS/c1-27(2)8-3-9-28(21-26-19-15(23)11-14(22)12-18(19)30-21)20(29)13-4-5-16-17(10-13)25-7-6-24-16/h4-7,10-12H,3,8-9H2,1-2H3. The first-order valence-corrected chi connectivity index (χ1v) is 10.2. The maximum absolute atomic E-state index is 14.2. The van der Waals surface area contributed by atoms with Crippen LogP contribution in [0.1, 0.15) is 16.8 Å². The van der Waals surface area contributed by atoms with Gasteiger partial charge in [0.25, 0.3) is 5.91 Å². The number of hydrogen-bond acceptors (Lipinski definition) is 6. The Bertz CT molecular complexity index is 1230. The van der Waals surface area contributed by atoms with E-state index in [0.717, 1.165) is 23.9 Å². The highest BCUT2D eigenvalue weighted by atomic mass is 32.1. The van der Waals surface area contributed by atoms with Gasteiger partial charge in [-0.3, -0.25) is 19.7 Å². The molecule has 0 N–H and O–H groups in total. The molecule has 0 atom stereocenters. The van der Waals surface area contributed by atoms with Crippen LogP contribution in [0.15, 0.2) is 42.7 Å². The van der Waals surface area contributed by atoms with E-state index in [-0.39, 0.29) is 11.4 Å². The van der Waals surface area contributed by atoms with Gasteiger partial charge in [0.15, 0.2) is 10.9 Å². The Morgan fingerprint density at radius 2 is 1.80 bits per heavy atom. The lowest BCUT2D eigenvalue weighted by Gasteiger charge is -2.21. The van der Waals surface area contributed by atoms with Crippen molar-refractivity contribution in [1.29, 1.82) is 0 Å². The van der Waals surface area contributed by atoms with Crippen LogP contribution in [0.4, 0.5) is 13.9 Å². The second kappa shape index (κ2) is 8.37. The van der Waals surface area contributed by atoms with Crippen LogP contribution in [-0.4, -0.2) is 52.9 Å². The minimum Gasteiger partial charge on any atom is -0.309 e. The molecule has 0 aliphatic rings. The van der Waals surface area contributed by atoms with Crippen molar-refractivity contribution in [3.63, 3.8) is 0 Å². The highest BCUT2D eigenvalue weighted by molar-refractivity contribution is 7.22. The van der Waals surface area contributed by atoms with Gasteiger partial charge in [-0.05, 0) is 51.3 Å². The molecule has 1 amide bonds. The van der Waals surface area contributed by atoms with E-state index >= 15 is 0 Å². The zero-order valence-corrected chi connectivity index (χ0v) is 17.3. The molecule has 2 aromatic carbocycles. The maximum Gasteiger partial charge on any atom is 0.260 e. The maximum atomic E-state index is 14.2. The molecule has 2 aromatic heterocycles. The van der Waals surface area contributed by atoms with Gasteiger partial charge in [-0.1, -0.05) is 11.3 Å². The fourth-order valence-corrected chi connectivity index (χ4v) is 4.17. The number of anilines is 1. The predicted molar refractivity (Wildman–Crippen MR) is 114 cm³/mol. The highest BCUT2D eigenvalue weighted by Gasteiger charge is 2.23. The lowest BCUT2D eigenvalue weighted by Crippen LogP contribution is -2.33. The van der Waals surface area contributed by atoms with Crippen LogP contribution in [0.5, 0.6) is 0 Å². The summed E-state index contributed by atoms with van der Waals surface area (Å²) in [7, 11) is 3.90. The first-order chi connectivity index (χ1) is 14.4. The number of halogens is 2. The highest BCUT2D eigenvalue weighted by Crippen LogP contribution is 2.32. The summed E-state index contributed by atoms with van der Waals surface area (Å²) in [5.41, 5.74) is 1.78. The molecule has 0 saturated carbocycles. The average Bonchev–Trinajstić information content (AvgIpc) is 3.14. The molecule has 9 heteroatoms. The van der Waals surface area contributed by atoms with Gasteiger partial charge < -0.3 is 4.90 Å². The Morgan fingerprint density at radius 1 is 1.03 bits per heavy atom. The molecule has 0 bridgehead atoms. The molecule has 0 fully saturated rings. The normalized spacial score (nSPS) is 11.5. The zero-order valence-electron chi connectivity index (χ0n) is 16.5. The number of aromatic nitrogens is 3. The van der Waals surface area contributed by atoms with Gasteiger partial charge in [0, 0.05) is 30.6 Å². The summed E-state index contributed by atoms with van der Waals surface area (Å²) in [5, 5.41) is 0.331. The Kier molecular flexibility index (Phi) is 5.65. The van der Waals surface area contributed by atoms with E-state index in [4.69, 9.17) is 0 Å². The van der Waals surface area contributed by atoms with Crippen molar-refractivity contribution in [1.82, 2.24) is 19.9 Å². The van der Waals surface area contributed by atoms with Gasteiger partial charge in [0.1, 0.15) is 11.3 Å². The zero-order chi connectivity index (χ0) is 21.3. The van der Waals surface area contributed by atoms with Crippen molar-refractivity contribution in [3.8, 4) is 0 Å². The van der Waals surface area contributed by atoms with Gasteiger partial charge in [-0.15, -0.1) is 0 Å². The molecule has 4 aromatic rings. The molecule has 0 spiro atoms. The first-order valence-electron chi connectivity index (χ1n) is 9.35. The minimum absolute atomic E-state index is 0.0613. The molecule has 0 saturated heterocycles. The lowest BCUT2D eigenvalue weighted by molar-refractivity contribution is 0.0986. The molecular formula is C21H19F2N5OS. The van der Waals surface area contributed by atoms with Crippen LogP contribution in [0, 0.1) is 11.6 Å². The number of benzene rings is 2. The van der Waals surface area contributed by atoms with Gasteiger partial charge >= 0.3 is 0 Å². The molecule has 154 valence electrons. The van der Waals surface area contributed by atoms with E-state index in [1.165, 1.54) is 11.0 Å². The Balaban J connectivity index is 1.73. The predicted octanol–water partition coefficient (Wildman–Crippen LogP) is 4.12. The van der Waals surface area contributed by atoms with E-state index in [0.29, 0.717) is 39.4 Å². The molecule has 2 heterocycles. The van der Waals surface area contributed by atoms with Crippen LogP contribution in [0.3, 0.4) is 0 Å². The number of amides is 1. The molecular weight excluding hydrogens is 408 g/mol. The summed E-state index contributed by atoms with van der Waals surface area (Å²) in [6, 6.07) is 7.13. The third-order valence-electron chi connectivity index (χ3n) is 4.58. The van der Waals surface area contributed by atoms with Gasteiger partial charge in [-0.25, -0.2) is 13.8 Å². The lowest BCUT2D eigenvalue weighted by atomic mass is 10.1. The fourth-order valence-electron chi connectivity index (χ4n) is 3.14. The summed E-state index contributed by atoms with van der Waals surface area (Å²) in [6.45, 7) is 1.15. The second-order valence-corrected chi connectivity index (χ2v) is 8.11. The number of thiazole rings is 1. The van der Waals surface area contributed by atoms with E-state index in [9.17, 15) is 13.6 Å². The number of nitrogens with zero attached hydrogens (tertiary/aromatic N) is 5. The monoisotopic (exact) mass is 427 g/mol. The molecule has 0 unspecified atom stereocenters. The fraction of sp³-hybridized carbons (Fsp3) is 0.238. The molecule has 0 aliphatic heterocycles. The number of carbonyl (C=O) groups is 1. The average molecular weight is 427 g/mol. The number of carbonyl (C=O) groups excluding carboxylic acids is 1. The van der Waals surface area contributed by atoms with Crippen LogP contribution in [0.25, 0.3) is 21.3 Å². The molecule has 0 radical (unpaired) electrons. The topological polar surface area (TPSA) is 62.2 Å². The molecule has 4 rings (SSSR count). The van der Waals surface area contributed by atoms with Gasteiger partial charge in [0.05, 0.1) is 15.7 Å². The summed E-state index contributed by atoms with van der Waals surface area (Å²) in [4.78, 5) is 29.7. The molecule has 6 nitrogen and oxygen atoms in total. The van der Waals surface area contributed by atoms with Gasteiger partial charge in [-0.2, -0.15) is 0 Å². The van der Waals surface area contributed by atoms with Crippen molar-refractivity contribution in [2.24, 2.45) is 0 Å². The second-order valence-electron chi connectivity index (χ2n) is 7.10. The van der Waals surface area contributed by atoms with Crippen molar-refractivity contribution in [3.05, 3.63) is 59.9 Å². The SMILES string of the molecule is CN(C)CCCN(C(=O)c1ccc2nccnc2c1)c1nc2c(F)cc(F)cc2s1. The van der Waals surface area contributed by atoms with Crippen molar-refractivity contribution >= 4 is 43.6 Å². The Morgan fingerprint density at radius 3 is 2.57 bits per heavy atom. The first kappa shape index (κ1) is 20.2. The summed E-state index contributed by atoms with van der Waals surface area (Å²) >= 11 is 1.09. The minimum atomic E-state index is -0.742. The number of rotatable bonds is 6. The molecule has 0 aliphatic carbocycles. The number of hydrogen-bond donors (Lipinski definition) is 0. The smallest absolute Gasteiger partial charge is 0.260 e. The molecule has 30 heavy (non-hydrogen) atoms. The van der Waals surface area contributed by atoms with Crippen molar-refractivity contribution in [2.45, 2.75) is 6.42 Å². The van der Waals surface area contributed by atoms with Crippen LogP contribution >= 0.6 is 11.3 Å². The quantitative estimate of drug-likeness (QED) is 0.463. The summed E-state index contributed by atoms with van der Waals surface area (Å²) < 4.78 is 28.1. The third-order valence-corrected chi connectivity index (χ3v) is 5.61. The van der Waals surface area contributed by atoms with E-state index in [2.05, 4.69) is 15.0 Å². The summed E-state index contributed by atoms with van der Waals surface area (Å²) in [5.74, 6) is -1.69. The number of fused-ring (bicyclic) bond motifs is 2. The van der Waals surface area contributed by atoms with E-state index in [1.807, 2.05) is 19.0 Å². The third kappa shape index (κ3) is 4.12. The largest absolute Gasteiger partial charge is 0.309 e. The summed E-state index contributed by atoms with van der Waals surface area (Å²) in [6.07, 6.45) is 3.85. The van der Waals surface area contributed by atoms with Crippen molar-refractivity contribution < 1.29 is 13.6 Å². The van der Waals surface area contributed by atoms with Crippen LogP contribution in [0.2, 0.25) is 0 Å². The van der Waals surface area contributed by atoms with Gasteiger partial charge in [0.2, 0.25) is 0 Å². The van der Waals surface area contributed by atoms with E-state index < -0.39 is 11.6 Å². The van der Waals surface area contributed by atoms with Crippen LogP contribution < -0.4 is 4.90 Å². The Labute approximate surface area is 175 Å². The van der Waals surface area contributed by atoms with Crippen molar-refractivity contribution in [2.75, 3.05) is 32.1 Å².